The monoisotopic (exact) mass is 514 g/mol. The molecular weight excluding hydrogens is 500 g/mol. The standard InChI is InChI=1S/C23H16F5N2.ClH.Zn/c1-3-12(2)23-29-22(15-9-4-5-10-30(15)23)14-8-6-7-13(11-14)16-17(24)19(26)21(28)20(27)18(16)25;;/h4-7,9-12H,3H2,1-2H3;1H;/q-1;;+2/p-1. The van der Waals surface area contributed by atoms with E-state index in [0.29, 0.717) is 11.3 Å². The number of imidazole rings is 1. The van der Waals surface area contributed by atoms with E-state index < -0.39 is 34.6 Å². The Morgan fingerprint density at radius 3 is 2.25 bits per heavy atom. The molecule has 0 spiro atoms. The van der Waals surface area contributed by atoms with Crippen LogP contribution in [0, 0.1) is 35.2 Å². The molecule has 0 radical (unpaired) electrons. The van der Waals surface area contributed by atoms with Gasteiger partial charge in [-0.25, -0.2) is 22.0 Å². The Hall–Kier alpha value is -2.31. The van der Waals surface area contributed by atoms with Gasteiger partial charge in [-0.1, -0.05) is 25.5 Å². The third-order valence-electron chi connectivity index (χ3n) is 5.18. The van der Waals surface area contributed by atoms with Gasteiger partial charge in [0.25, 0.3) is 0 Å². The van der Waals surface area contributed by atoms with Crippen LogP contribution in [0.3, 0.4) is 0 Å². The Morgan fingerprint density at radius 2 is 1.62 bits per heavy atom. The molecule has 4 aromatic rings. The van der Waals surface area contributed by atoms with E-state index in [0.717, 1.165) is 35.1 Å². The van der Waals surface area contributed by atoms with E-state index in [1.54, 1.807) is 0 Å². The Kier molecular flexibility index (Phi) is 7.68. The molecule has 2 aromatic carbocycles. The van der Waals surface area contributed by atoms with Crippen molar-refractivity contribution in [3.05, 3.63) is 83.6 Å². The second kappa shape index (κ2) is 10.1. The molecule has 2 aromatic heterocycles. The van der Waals surface area contributed by atoms with Crippen molar-refractivity contribution in [2.24, 2.45) is 0 Å². The Morgan fingerprint density at radius 1 is 1.00 bits per heavy atom. The van der Waals surface area contributed by atoms with Gasteiger partial charge in [-0.2, -0.15) is 0 Å². The number of pyridine rings is 1. The maximum absolute atomic E-state index is 14.3. The molecule has 1 unspecified atom stereocenters. The van der Waals surface area contributed by atoms with Crippen LogP contribution in [0.15, 0.2) is 42.6 Å². The van der Waals surface area contributed by atoms with Gasteiger partial charge in [0.2, 0.25) is 5.82 Å². The van der Waals surface area contributed by atoms with Crippen molar-refractivity contribution in [3.63, 3.8) is 0 Å². The quantitative estimate of drug-likeness (QED) is 0.0911. The molecule has 0 fully saturated rings. The van der Waals surface area contributed by atoms with Crippen molar-refractivity contribution in [1.29, 1.82) is 0 Å². The van der Waals surface area contributed by atoms with Gasteiger partial charge >= 0.3 is 27.0 Å². The molecule has 0 aliphatic rings. The first-order valence-corrected chi connectivity index (χ1v) is 13.5. The normalized spacial score (nSPS) is 11.9. The van der Waals surface area contributed by atoms with Gasteiger partial charge in [-0.15, -0.1) is 29.8 Å². The van der Waals surface area contributed by atoms with Gasteiger partial charge < -0.3 is 4.40 Å². The molecular formula is C23H16ClF5N2Zn. The summed E-state index contributed by atoms with van der Waals surface area (Å²) in [5.41, 5.74) is 0.510. The van der Waals surface area contributed by atoms with Gasteiger partial charge in [0.05, 0.1) is 0 Å². The summed E-state index contributed by atoms with van der Waals surface area (Å²) in [5.74, 6) is -8.95. The second-order valence-electron chi connectivity index (χ2n) is 7.02. The number of nitrogens with zero attached hydrogens (tertiary/aromatic N) is 2. The molecule has 0 bridgehead atoms. The molecule has 4 rings (SSSR count). The average molecular weight is 516 g/mol. The first-order valence-electron chi connectivity index (χ1n) is 9.62. The van der Waals surface area contributed by atoms with E-state index >= 15 is 0 Å². The van der Waals surface area contributed by atoms with Crippen molar-refractivity contribution in [1.82, 2.24) is 9.38 Å². The average Bonchev–Trinajstić information content (AvgIpc) is 3.22. The van der Waals surface area contributed by atoms with E-state index in [9.17, 15) is 22.0 Å². The Bertz CT molecular complexity index is 1250. The molecule has 9 heteroatoms. The third kappa shape index (κ3) is 4.18. The first-order chi connectivity index (χ1) is 15.3. The summed E-state index contributed by atoms with van der Waals surface area (Å²) < 4.78 is 71.2. The molecule has 0 N–H and O–H groups in total. The number of aromatic nitrogens is 2. The number of hydrogen-bond donors (Lipinski definition) is 0. The van der Waals surface area contributed by atoms with Crippen LogP contribution in [0.1, 0.15) is 32.0 Å². The number of rotatable bonds is 4. The van der Waals surface area contributed by atoms with Crippen LogP contribution in [-0.4, -0.2) is 9.38 Å². The van der Waals surface area contributed by atoms with E-state index in [1.807, 2.05) is 42.6 Å². The number of hydrogen-bond acceptors (Lipinski definition) is 1. The molecule has 32 heavy (non-hydrogen) atoms. The number of benzene rings is 2. The van der Waals surface area contributed by atoms with Gasteiger partial charge in [0.1, 0.15) is 5.82 Å². The summed E-state index contributed by atoms with van der Waals surface area (Å²) >= 11 is 0.847. The third-order valence-corrected chi connectivity index (χ3v) is 5.18. The van der Waals surface area contributed by atoms with Crippen molar-refractivity contribution in [2.45, 2.75) is 26.2 Å². The first kappa shape index (κ1) is 24.3. The van der Waals surface area contributed by atoms with E-state index in [-0.39, 0.29) is 11.5 Å². The van der Waals surface area contributed by atoms with Crippen LogP contribution < -0.4 is 0 Å². The zero-order chi connectivity index (χ0) is 23.6. The van der Waals surface area contributed by atoms with Crippen LogP contribution in [0.2, 0.25) is 0 Å². The van der Waals surface area contributed by atoms with E-state index in [4.69, 9.17) is 14.7 Å². The molecule has 2 nitrogen and oxygen atoms in total. The van der Waals surface area contributed by atoms with Crippen molar-refractivity contribution >= 4 is 15.2 Å². The van der Waals surface area contributed by atoms with E-state index in [2.05, 4.69) is 6.07 Å². The molecule has 0 saturated heterocycles. The van der Waals surface area contributed by atoms with Crippen LogP contribution in [0.4, 0.5) is 22.0 Å². The fourth-order valence-electron chi connectivity index (χ4n) is 3.41. The molecule has 0 aliphatic heterocycles. The Balaban J connectivity index is 0.00000141. The van der Waals surface area contributed by atoms with Crippen molar-refractivity contribution < 1.29 is 39.3 Å². The summed E-state index contributed by atoms with van der Waals surface area (Å²) in [6, 6.07) is 12.4. The molecule has 0 aliphatic carbocycles. The summed E-state index contributed by atoms with van der Waals surface area (Å²) in [4.78, 5) is 4.70. The summed E-state index contributed by atoms with van der Waals surface area (Å²) in [6.45, 7) is 4.06. The van der Waals surface area contributed by atoms with Crippen molar-refractivity contribution in [3.8, 4) is 22.4 Å². The zero-order valence-corrected chi connectivity index (χ0v) is 20.9. The van der Waals surface area contributed by atoms with Gasteiger partial charge in [-0.3, -0.25) is 4.98 Å². The number of fused-ring (bicyclic) bond motifs is 1. The predicted octanol–water partition coefficient (Wildman–Crippen LogP) is 7.36. The molecule has 2 heterocycles. The fourth-order valence-corrected chi connectivity index (χ4v) is 3.41. The molecule has 0 amide bonds. The fraction of sp³-hybridized carbons (Fsp3) is 0.174. The van der Waals surface area contributed by atoms with Crippen molar-refractivity contribution in [2.75, 3.05) is 0 Å². The van der Waals surface area contributed by atoms with Gasteiger partial charge in [-0.05, 0) is 18.6 Å². The molecule has 162 valence electrons. The van der Waals surface area contributed by atoms with Crippen LogP contribution in [-0.2, 0) is 17.3 Å². The SMILES string of the molecule is CCC(C)c1nc(-c2[c-]ccc(-c3c(F)c(F)c(F)c(F)c3F)c2)c2ccccn12.[Cl][Zn+]. The molecule has 1 atom stereocenters. The van der Waals surface area contributed by atoms with E-state index in [1.165, 1.54) is 18.2 Å². The maximum atomic E-state index is 14.3. The van der Waals surface area contributed by atoms with Gasteiger partial charge in [0, 0.05) is 28.9 Å². The summed E-state index contributed by atoms with van der Waals surface area (Å²) in [7, 11) is 4.76. The zero-order valence-electron chi connectivity index (χ0n) is 17.2. The Labute approximate surface area is 195 Å². The minimum atomic E-state index is -2.19. The molecule has 0 saturated carbocycles. The van der Waals surface area contributed by atoms with Crippen LogP contribution >= 0.6 is 9.69 Å². The van der Waals surface area contributed by atoms with Crippen LogP contribution in [0.5, 0.6) is 0 Å². The van der Waals surface area contributed by atoms with Gasteiger partial charge in [0.15, 0.2) is 23.3 Å². The predicted molar refractivity (Wildman–Crippen MR) is 109 cm³/mol. The topological polar surface area (TPSA) is 17.3 Å². The van der Waals surface area contributed by atoms with Crippen LogP contribution in [0.25, 0.3) is 27.9 Å². The second-order valence-corrected chi connectivity index (χ2v) is 7.02. The number of halogens is 6. The summed E-state index contributed by atoms with van der Waals surface area (Å²) in [5, 5.41) is 0. The summed E-state index contributed by atoms with van der Waals surface area (Å²) in [6.07, 6.45) is 2.71. The minimum absolute atomic E-state index is 0.145.